The highest BCUT2D eigenvalue weighted by Gasteiger charge is 2.28. The van der Waals surface area contributed by atoms with Crippen molar-refractivity contribution in [3.63, 3.8) is 0 Å². The summed E-state index contributed by atoms with van der Waals surface area (Å²) in [5.74, 6) is -2.39. The molecule has 0 saturated carbocycles. The average Bonchev–Trinajstić information content (AvgIpc) is 2.54. The van der Waals surface area contributed by atoms with Gasteiger partial charge in [-0.3, -0.25) is 15.0 Å². The summed E-state index contributed by atoms with van der Waals surface area (Å²) in [6.07, 6.45) is 0.965. The van der Waals surface area contributed by atoms with Gasteiger partial charge in [0, 0.05) is 6.54 Å². The van der Waals surface area contributed by atoms with Crippen molar-refractivity contribution in [1.29, 1.82) is 5.41 Å². The van der Waals surface area contributed by atoms with Crippen LogP contribution in [-0.4, -0.2) is 53.5 Å². The van der Waals surface area contributed by atoms with Crippen LogP contribution in [0.15, 0.2) is 0 Å². The highest BCUT2D eigenvalue weighted by atomic mass is 16.4. The fraction of sp³-hybridized carbons (Fsp3) is 0.765. The zero-order chi connectivity index (χ0) is 21.1. The lowest BCUT2D eigenvalue weighted by molar-refractivity contribution is -0.142. The van der Waals surface area contributed by atoms with Gasteiger partial charge in [-0.15, -0.1) is 0 Å². The Balaban J connectivity index is 5.06. The predicted molar refractivity (Wildman–Crippen MR) is 103 cm³/mol. The molecule has 10 nitrogen and oxygen atoms in total. The first-order valence-corrected chi connectivity index (χ1v) is 9.12. The Kier molecular flexibility index (Phi) is 11.0. The van der Waals surface area contributed by atoms with E-state index in [0.29, 0.717) is 13.0 Å². The molecule has 9 N–H and O–H groups in total. The van der Waals surface area contributed by atoms with Gasteiger partial charge < -0.3 is 32.5 Å². The van der Waals surface area contributed by atoms with Crippen LogP contribution in [0.25, 0.3) is 0 Å². The van der Waals surface area contributed by atoms with Gasteiger partial charge in [0.2, 0.25) is 11.8 Å². The monoisotopic (exact) mass is 386 g/mol. The zero-order valence-electron chi connectivity index (χ0n) is 16.5. The molecule has 156 valence electrons. The van der Waals surface area contributed by atoms with Crippen molar-refractivity contribution < 1.29 is 19.5 Å². The minimum Gasteiger partial charge on any atom is -0.480 e. The molecule has 2 amide bonds. The number of rotatable bonds is 12. The van der Waals surface area contributed by atoms with Gasteiger partial charge in [-0.05, 0) is 31.1 Å². The Morgan fingerprint density at radius 3 is 2.04 bits per heavy atom. The Hall–Kier alpha value is -2.36. The molecule has 27 heavy (non-hydrogen) atoms. The fourth-order valence-electron chi connectivity index (χ4n) is 2.33. The van der Waals surface area contributed by atoms with E-state index >= 15 is 0 Å². The van der Waals surface area contributed by atoms with Crippen LogP contribution >= 0.6 is 0 Å². The van der Waals surface area contributed by atoms with Crippen molar-refractivity contribution >= 4 is 23.7 Å². The molecule has 0 aromatic rings. The third-order valence-electron chi connectivity index (χ3n) is 3.96. The molecule has 0 aromatic heterocycles. The minimum atomic E-state index is -1.13. The van der Waals surface area contributed by atoms with Gasteiger partial charge in [-0.2, -0.15) is 0 Å². The van der Waals surface area contributed by atoms with Gasteiger partial charge >= 0.3 is 5.97 Å². The van der Waals surface area contributed by atoms with Crippen LogP contribution in [-0.2, 0) is 14.4 Å². The predicted octanol–water partition coefficient (Wildman–Crippen LogP) is -0.667. The maximum absolute atomic E-state index is 12.6. The second-order valence-electron chi connectivity index (χ2n) is 7.34. The van der Waals surface area contributed by atoms with Crippen molar-refractivity contribution in [2.75, 3.05) is 6.54 Å². The summed E-state index contributed by atoms with van der Waals surface area (Å²) in [5.41, 5.74) is 11.0. The van der Waals surface area contributed by atoms with Crippen molar-refractivity contribution in [3.8, 4) is 0 Å². The Labute approximate surface area is 160 Å². The topological polar surface area (TPSA) is 183 Å². The second-order valence-corrected chi connectivity index (χ2v) is 7.34. The number of nitrogens with one attached hydrogen (secondary N) is 4. The van der Waals surface area contributed by atoms with Crippen LogP contribution in [0.3, 0.4) is 0 Å². The van der Waals surface area contributed by atoms with Crippen molar-refractivity contribution in [1.82, 2.24) is 16.0 Å². The van der Waals surface area contributed by atoms with Crippen LogP contribution in [0.2, 0.25) is 0 Å². The maximum Gasteiger partial charge on any atom is 0.326 e. The summed E-state index contributed by atoms with van der Waals surface area (Å²) in [5, 5.41) is 24.1. The number of hydrogen-bond acceptors (Lipinski definition) is 5. The van der Waals surface area contributed by atoms with Crippen molar-refractivity contribution in [3.05, 3.63) is 0 Å². The quantitative estimate of drug-likeness (QED) is 0.132. The van der Waals surface area contributed by atoms with E-state index in [0.717, 1.165) is 0 Å². The highest BCUT2D eigenvalue weighted by Crippen LogP contribution is 2.07. The molecule has 0 aliphatic heterocycles. The van der Waals surface area contributed by atoms with Gasteiger partial charge in [-0.1, -0.05) is 27.7 Å². The molecule has 0 heterocycles. The number of carboxylic acid groups (broad SMARTS) is 1. The molecular formula is C17H34N6O4. The van der Waals surface area contributed by atoms with E-state index in [1.165, 1.54) is 0 Å². The van der Waals surface area contributed by atoms with E-state index in [1.807, 2.05) is 13.8 Å². The van der Waals surface area contributed by atoms with Crippen molar-refractivity contribution in [2.24, 2.45) is 23.3 Å². The highest BCUT2D eigenvalue weighted by molar-refractivity contribution is 5.91. The summed E-state index contributed by atoms with van der Waals surface area (Å²) in [7, 11) is 0. The number of nitrogens with two attached hydrogens (primary N) is 2. The molecule has 3 atom stereocenters. The fourth-order valence-corrected chi connectivity index (χ4v) is 2.33. The molecule has 0 bridgehead atoms. The van der Waals surface area contributed by atoms with Crippen LogP contribution in [0.4, 0.5) is 0 Å². The first kappa shape index (κ1) is 24.6. The molecule has 0 radical (unpaired) electrons. The van der Waals surface area contributed by atoms with Gasteiger partial charge in [-0.25, -0.2) is 4.79 Å². The van der Waals surface area contributed by atoms with E-state index in [-0.39, 0.29) is 30.6 Å². The number of carbonyl (C=O) groups is 3. The van der Waals surface area contributed by atoms with Gasteiger partial charge in [0.1, 0.15) is 12.1 Å². The molecule has 0 spiro atoms. The summed E-state index contributed by atoms with van der Waals surface area (Å²) in [4.78, 5) is 36.2. The molecule has 0 rings (SSSR count). The number of guanidine groups is 1. The number of hydrogen-bond donors (Lipinski definition) is 7. The number of aliphatic carboxylic acids is 1. The lowest BCUT2D eigenvalue weighted by Gasteiger charge is -2.24. The lowest BCUT2D eigenvalue weighted by Crippen LogP contribution is -2.55. The largest absolute Gasteiger partial charge is 0.480 e. The summed E-state index contributed by atoms with van der Waals surface area (Å²) in [6.45, 7) is 7.64. The maximum atomic E-state index is 12.6. The average molecular weight is 386 g/mol. The summed E-state index contributed by atoms with van der Waals surface area (Å²) >= 11 is 0. The molecule has 0 saturated heterocycles. The van der Waals surface area contributed by atoms with E-state index in [9.17, 15) is 19.5 Å². The van der Waals surface area contributed by atoms with E-state index < -0.39 is 35.9 Å². The molecule has 0 aliphatic carbocycles. The van der Waals surface area contributed by atoms with E-state index in [1.54, 1.807) is 13.8 Å². The smallest absolute Gasteiger partial charge is 0.326 e. The van der Waals surface area contributed by atoms with Gasteiger partial charge in [0.15, 0.2) is 5.96 Å². The summed E-state index contributed by atoms with van der Waals surface area (Å²) in [6, 6.07) is -2.74. The summed E-state index contributed by atoms with van der Waals surface area (Å²) < 4.78 is 0. The molecule has 0 aromatic carbocycles. The lowest BCUT2D eigenvalue weighted by atomic mass is 10.0. The normalized spacial score (nSPS) is 14.3. The SMILES string of the molecule is CC(C)C[C@H](NC(=O)[C@H](CCCNC(=N)N)NC(=O)[C@@H](N)C(C)C)C(=O)O. The number of carboxylic acids is 1. The number of amides is 2. The van der Waals surface area contributed by atoms with E-state index in [2.05, 4.69) is 16.0 Å². The molecular weight excluding hydrogens is 352 g/mol. The molecule has 0 fully saturated rings. The Morgan fingerprint density at radius 1 is 1.04 bits per heavy atom. The third-order valence-corrected chi connectivity index (χ3v) is 3.96. The van der Waals surface area contributed by atoms with Crippen LogP contribution in [0, 0.1) is 17.2 Å². The third kappa shape index (κ3) is 10.4. The van der Waals surface area contributed by atoms with Crippen LogP contribution < -0.4 is 27.4 Å². The molecule has 0 aliphatic rings. The van der Waals surface area contributed by atoms with E-state index in [4.69, 9.17) is 16.9 Å². The standard InChI is InChI=1S/C17H34N6O4/c1-9(2)8-12(16(26)27)23-14(24)11(6-5-7-21-17(19)20)22-15(25)13(18)10(3)4/h9-13H,5-8,18H2,1-4H3,(H,22,25)(H,23,24)(H,26,27)(H4,19,20,21)/t11-,12-,13-/m0/s1. The van der Waals surface area contributed by atoms with Gasteiger partial charge in [0.05, 0.1) is 6.04 Å². The second kappa shape index (κ2) is 12.1. The first-order chi connectivity index (χ1) is 12.5. The molecule has 10 heteroatoms. The van der Waals surface area contributed by atoms with Crippen molar-refractivity contribution in [2.45, 2.75) is 65.1 Å². The minimum absolute atomic E-state index is 0.0774. The first-order valence-electron chi connectivity index (χ1n) is 9.12. The van der Waals surface area contributed by atoms with Crippen LogP contribution in [0.1, 0.15) is 47.0 Å². The van der Waals surface area contributed by atoms with Gasteiger partial charge in [0.25, 0.3) is 0 Å². The van der Waals surface area contributed by atoms with Crippen LogP contribution in [0.5, 0.6) is 0 Å². The zero-order valence-corrected chi connectivity index (χ0v) is 16.5. The number of carbonyl (C=O) groups excluding carboxylic acids is 2. The Morgan fingerprint density at radius 2 is 1.59 bits per heavy atom. The Bertz CT molecular complexity index is 524. The molecule has 0 unspecified atom stereocenters.